The van der Waals surface area contributed by atoms with Crippen LogP contribution in [0.5, 0.6) is 5.75 Å². The molecule has 1 N–H and O–H groups in total. The molecule has 8 heteroatoms. The number of amides is 2. The standard InChI is InChI=1S/C16H18N2O5S/c1-22-13-6-4-12(5-7-13)17-16(19)18-9-15(10-18)24(20,21)11-14-3-2-8-23-14/h2-8,15H,9-11H2,1H3,(H,17,19). The Morgan fingerprint density at radius 1 is 1.29 bits per heavy atom. The van der Waals surface area contributed by atoms with Gasteiger partial charge >= 0.3 is 6.03 Å². The molecule has 1 aliphatic heterocycles. The molecule has 3 rings (SSSR count). The zero-order valence-electron chi connectivity index (χ0n) is 13.1. The van der Waals surface area contributed by atoms with E-state index in [2.05, 4.69) is 5.32 Å². The van der Waals surface area contributed by atoms with Gasteiger partial charge in [0.2, 0.25) is 0 Å². The molecule has 0 unspecified atom stereocenters. The quantitative estimate of drug-likeness (QED) is 0.892. The number of carbonyl (C=O) groups is 1. The van der Waals surface area contributed by atoms with Crippen LogP contribution in [0.4, 0.5) is 10.5 Å². The van der Waals surface area contributed by atoms with Crippen LogP contribution in [0.25, 0.3) is 0 Å². The zero-order valence-corrected chi connectivity index (χ0v) is 14.0. The van der Waals surface area contributed by atoms with Crippen LogP contribution in [0.2, 0.25) is 0 Å². The van der Waals surface area contributed by atoms with Crippen molar-refractivity contribution in [2.75, 3.05) is 25.5 Å². The highest BCUT2D eigenvalue weighted by atomic mass is 32.2. The van der Waals surface area contributed by atoms with Crippen LogP contribution >= 0.6 is 0 Å². The highest BCUT2D eigenvalue weighted by Gasteiger charge is 2.40. The maximum absolute atomic E-state index is 12.2. The summed E-state index contributed by atoms with van der Waals surface area (Å²) in [6.45, 7) is 0.371. The fourth-order valence-corrected chi connectivity index (χ4v) is 4.03. The molecule has 128 valence electrons. The molecular formula is C16H18N2O5S. The summed E-state index contributed by atoms with van der Waals surface area (Å²) in [5, 5.41) is 2.18. The number of nitrogens with one attached hydrogen (secondary N) is 1. The summed E-state index contributed by atoms with van der Waals surface area (Å²) in [4.78, 5) is 13.6. The molecule has 1 aromatic heterocycles. The molecule has 2 aromatic rings. The Kier molecular flexibility index (Phi) is 4.48. The fraction of sp³-hybridized carbons (Fsp3) is 0.312. The summed E-state index contributed by atoms with van der Waals surface area (Å²) in [5.74, 6) is 0.968. The summed E-state index contributed by atoms with van der Waals surface area (Å²) in [7, 11) is -1.76. The number of ether oxygens (including phenoxy) is 1. The Hall–Kier alpha value is -2.48. The second-order valence-corrected chi connectivity index (χ2v) is 7.85. The number of hydrogen-bond acceptors (Lipinski definition) is 5. The Morgan fingerprint density at radius 2 is 2.00 bits per heavy atom. The minimum atomic E-state index is -3.33. The topological polar surface area (TPSA) is 88.9 Å². The van der Waals surface area contributed by atoms with Gasteiger partial charge in [0, 0.05) is 18.8 Å². The third-order valence-corrected chi connectivity index (χ3v) is 5.91. The van der Waals surface area contributed by atoms with Gasteiger partial charge in [-0.3, -0.25) is 0 Å². The van der Waals surface area contributed by atoms with Crippen LogP contribution in [-0.4, -0.2) is 44.8 Å². The number of urea groups is 1. The summed E-state index contributed by atoms with van der Waals surface area (Å²) in [6.07, 6.45) is 1.44. The van der Waals surface area contributed by atoms with Crippen LogP contribution in [0, 0.1) is 0 Å². The van der Waals surface area contributed by atoms with Crippen molar-refractivity contribution in [1.29, 1.82) is 0 Å². The maximum Gasteiger partial charge on any atom is 0.321 e. The van der Waals surface area contributed by atoms with E-state index in [1.54, 1.807) is 43.5 Å². The van der Waals surface area contributed by atoms with Crippen molar-refractivity contribution in [1.82, 2.24) is 4.90 Å². The first kappa shape index (κ1) is 16.4. The van der Waals surface area contributed by atoms with E-state index in [0.717, 1.165) is 0 Å². The molecule has 0 bridgehead atoms. The lowest BCUT2D eigenvalue weighted by atomic mass is 10.2. The number of methoxy groups -OCH3 is 1. The number of anilines is 1. The average Bonchev–Trinajstić information content (AvgIpc) is 2.98. The predicted molar refractivity (Wildman–Crippen MR) is 88.7 cm³/mol. The largest absolute Gasteiger partial charge is 0.497 e. The second-order valence-electron chi connectivity index (χ2n) is 5.57. The normalized spacial score (nSPS) is 15.0. The molecule has 0 spiro atoms. The Morgan fingerprint density at radius 3 is 2.58 bits per heavy atom. The molecule has 0 saturated carbocycles. The van der Waals surface area contributed by atoms with E-state index < -0.39 is 15.1 Å². The van der Waals surface area contributed by atoms with E-state index in [-0.39, 0.29) is 24.9 Å². The smallest absolute Gasteiger partial charge is 0.321 e. The Balaban J connectivity index is 1.52. The maximum atomic E-state index is 12.2. The van der Waals surface area contributed by atoms with E-state index >= 15 is 0 Å². The highest BCUT2D eigenvalue weighted by Crippen LogP contribution is 2.22. The minimum absolute atomic E-state index is 0.140. The number of hydrogen-bond donors (Lipinski definition) is 1. The van der Waals surface area contributed by atoms with Gasteiger partial charge in [-0.15, -0.1) is 0 Å². The van der Waals surface area contributed by atoms with Gasteiger partial charge < -0.3 is 19.4 Å². The Labute approximate surface area is 140 Å². The van der Waals surface area contributed by atoms with Crippen molar-refractivity contribution in [2.45, 2.75) is 11.0 Å². The van der Waals surface area contributed by atoms with E-state index in [9.17, 15) is 13.2 Å². The lowest BCUT2D eigenvalue weighted by Crippen LogP contribution is -2.58. The first-order chi connectivity index (χ1) is 11.5. The molecule has 1 saturated heterocycles. The monoisotopic (exact) mass is 350 g/mol. The molecule has 0 atom stereocenters. The first-order valence-corrected chi connectivity index (χ1v) is 9.13. The summed E-state index contributed by atoms with van der Waals surface area (Å²) in [5.41, 5.74) is 0.627. The van der Waals surface area contributed by atoms with Gasteiger partial charge in [-0.25, -0.2) is 13.2 Å². The van der Waals surface area contributed by atoms with Gasteiger partial charge in [0.25, 0.3) is 0 Å². The van der Waals surface area contributed by atoms with Crippen LogP contribution in [0.1, 0.15) is 5.76 Å². The lowest BCUT2D eigenvalue weighted by molar-refractivity contribution is 0.182. The number of rotatable bonds is 5. The number of likely N-dealkylation sites (tertiary alicyclic amines) is 1. The molecule has 0 radical (unpaired) electrons. The number of furan rings is 1. The van der Waals surface area contributed by atoms with Gasteiger partial charge in [0.15, 0.2) is 9.84 Å². The van der Waals surface area contributed by atoms with E-state index in [4.69, 9.17) is 9.15 Å². The van der Waals surface area contributed by atoms with Gasteiger partial charge in [-0.2, -0.15) is 0 Å². The van der Waals surface area contributed by atoms with Gasteiger partial charge in [0.1, 0.15) is 17.3 Å². The number of sulfone groups is 1. The van der Waals surface area contributed by atoms with E-state index in [1.807, 2.05) is 0 Å². The highest BCUT2D eigenvalue weighted by molar-refractivity contribution is 7.91. The van der Waals surface area contributed by atoms with E-state index in [0.29, 0.717) is 17.2 Å². The minimum Gasteiger partial charge on any atom is -0.497 e. The third-order valence-electron chi connectivity index (χ3n) is 3.91. The zero-order chi connectivity index (χ0) is 17.2. The number of carbonyl (C=O) groups excluding carboxylic acids is 1. The van der Waals surface area contributed by atoms with Crippen molar-refractivity contribution < 1.29 is 22.4 Å². The molecular weight excluding hydrogens is 332 g/mol. The van der Waals surface area contributed by atoms with Crippen molar-refractivity contribution in [3.05, 3.63) is 48.4 Å². The van der Waals surface area contributed by atoms with Crippen LogP contribution < -0.4 is 10.1 Å². The Bertz CT molecular complexity index is 794. The summed E-state index contributed by atoms with van der Waals surface area (Å²) in [6, 6.07) is 9.89. The number of benzene rings is 1. The molecule has 2 heterocycles. The van der Waals surface area contributed by atoms with Gasteiger partial charge in [0.05, 0.1) is 18.6 Å². The molecule has 1 aromatic carbocycles. The van der Waals surface area contributed by atoms with Gasteiger partial charge in [-0.1, -0.05) is 0 Å². The van der Waals surface area contributed by atoms with Crippen molar-refractivity contribution in [2.24, 2.45) is 0 Å². The third kappa shape index (κ3) is 3.53. The average molecular weight is 350 g/mol. The predicted octanol–water partition coefficient (Wildman–Crippen LogP) is 2.12. The lowest BCUT2D eigenvalue weighted by Gasteiger charge is -2.38. The fourth-order valence-electron chi connectivity index (χ4n) is 2.42. The van der Waals surface area contributed by atoms with Crippen LogP contribution in [-0.2, 0) is 15.6 Å². The van der Waals surface area contributed by atoms with Crippen LogP contribution in [0.15, 0.2) is 47.1 Å². The summed E-state index contributed by atoms with van der Waals surface area (Å²) >= 11 is 0. The van der Waals surface area contributed by atoms with Gasteiger partial charge in [-0.05, 0) is 36.4 Å². The van der Waals surface area contributed by atoms with Crippen molar-refractivity contribution in [3.8, 4) is 5.75 Å². The molecule has 1 aliphatic rings. The number of nitrogens with zero attached hydrogens (tertiary/aromatic N) is 1. The van der Waals surface area contributed by atoms with Crippen molar-refractivity contribution in [3.63, 3.8) is 0 Å². The molecule has 24 heavy (non-hydrogen) atoms. The van der Waals surface area contributed by atoms with Crippen LogP contribution in [0.3, 0.4) is 0 Å². The summed E-state index contributed by atoms with van der Waals surface area (Å²) < 4.78 is 34.6. The molecule has 2 amide bonds. The second kappa shape index (κ2) is 6.56. The molecule has 1 fully saturated rings. The van der Waals surface area contributed by atoms with Crippen molar-refractivity contribution >= 4 is 21.6 Å². The SMILES string of the molecule is COc1ccc(NC(=O)N2CC(S(=O)(=O)Cc3ccco3)C2)cc1. The molecule has 7 nitrogen and oxygen atoms in total. The molecule has 0 aliphatic carbocycles. The van der Waals surface area contributed by atoms with E-state index in [1.165, 1.54) is 11.2 Å². The first-order valence-electron chi connectivity index (χ1n) is 7.42.